The molecule has 0 aliphatic carbocycles. The van der Waals surface area contributed by atoms with Gasteiger partial charge in [-0.1, -0.05) is 29.8 Å². The first-order valence-electron chi connectivity index (χ1n) is 7.15. The van der Waals surface area contributed by atoms with Crippen molar-refractivity contribution in [3.05, 3.63) is 64.0 Å². The zero-order valence-corrected chi connectivity index (χ0v) is 13.1. The minimum absolute atomic E-state index is 0.0955. The van der Waals surface area contributed by atoms with Crippen LogP contribution in [0.1, 0.15) is 20.8 Å². The van der Waals surface area contributed by atoms with Crippen molar-refractivity contribution < 1.29 is 4.79 Å². The number of carbonyl (C=O) groups excluding carboxylic acids is 1. The molecule has 2 aromatic heterocycles. The van der Waals surface area contributed by atoms with E-state index in [1.54, 1.807) is 17.5 Å². The number of carbonyl (C=O) groups is 1. The molecule has 112 valence electrons. The van der Waals surface area contributed by atoms with E-state index in [-0.39, 0.29) is 5.91 Å². The zero-order valence-electron chi connectivity index (χ0n) is 12.3. The Bertz CT molecular complexity index is 762. The van der Waals surface area contributed by atoms with E-state index in [9.17, 15) is 4.79 Å². The molecular weight excluding hydrogens is 294 g/mol. The Morgan fingerprint density at radius 2 is 2.23 bits per heavy atom. The largest absolute Gasteiger partial charge is 0.352 e. The first-order chi connectivity index (χ1) is 10.7. The fourth-order valence-corrected chi connectivity index (χ4v) is 3.04. The average molecular weight is 311 g/mol. The van der Waals surface area contributed by atoms with Gasteiger partial charge in [-0.25, -0.2) is 0 Å². The summed E-state index contributed by atoms with van der Waals surface area (Å²) in [5.74, 6) is -0.0955. The van der Waals surface area contributed by atoms with E-state index < -0.39 is 0 Å². The van der Waals surface area contributed by atoms with E-state index in [2.05, 4.69) is 21.6 Å². The van der Waals surface area contributed by atoms with E-state index in [4.69, 9.17) is 0 Å². The molecule has 3 aromatic rings. The van der Waals surface area contributed by atoms with E-state index in [0.717, 1.165) is 23.2 Å². The monoisotopic (exact) mass is 311 g/mol. The minimum Gasteiger partial charge on any atom is -0.352 e. The summed E-state index contributed by atoms with van der Waals surface area (Å²) in [5.41, 5.74) is 3.46. The molecule has 2 heterocycles. The molecule has 5 heteroatoms. The van der Waals surface area contributed by atoms with Gasteiger partial charge >= 0.3 is 0 Å². The number of rotatable bonds is 5. The van der Waals surface area contributed by atoms with Crippen LogP contribution in [-0.4, -0.2) is 22.6 Å². The van der Waals surface area contributed by atoms with Crippen LogP contribution in [0.5, 0.6) is 0 Å². The number of hydrogen-bond donors (Lipinski definition) is 2. The molecule has 0 aliphatic heterocycles. The number of amides is 1. The maximum atomic E-state index is 12.3. The molecule has 0 bridgehead atoms. The van der Waals surface area contributed by atoms with Crippen LogP contribution in [0.15, 0.2) is 48.0 Å². The van der Waals surface area contributed by atoms with Crippen molar-refractivity contribution in [1.82, 2.24) is 15.5 Å². The van der Waals surface area contributed by atoms with Crippen molar-refractivity contribution in [2.24, 2.45) is 0 Å². The standard InChI is InChI=1S/C17H17N3OS/c1-12-4-2-5-13(10-12)16-15(11-19-20-16)17(21)18-8-7-14-6-3-9-22-14/h2-6,9-11H,7-8H2,1H3,(H,18,21)(H,19,20). The van der Waals surface area contributed by atoms with Gasteiger partial charge in [0.05, 0.1) is 17.5 Å². The number of nitrogens with one attached hydrogen (secondary N) is 2. The lowest BCUT2D eigenvalue weighted by Crippen LogP contribution is -2.25. The third-order valence-corrected chi connectivity index (χ3v) is 4.36. The molecule has 3 rings (SSSR count). The van der Waals surface area contributed by atoms with Gasteiger partial charge in [0.15, 0.2) is 0 Å². The number of H-pyrrole nitrogens is 1. The summed E-state index contributed by atoms with van der Waals surface area (Å²) in [6, 6.07) is 12.1. The lowest BCUT2D eigenvalue weighted by molar-refractivity contribution is 0.0955. The summed E-state index contributed by atoms with van der Waals surface area (Å²) in [6.45, 7) is 2.65. The molecule has 22 heavy (non-hydrogen) atoms. The molecule has 0 radical (unpaired) electrons. The van der Waals surface area contributed by atoms with Crippen molar-refractivity contribution in [3.8, 4) is 11.3 Å². The maximum Gasteiger partial charge on any atom is 0.255 e. The second-order valence-electron chi connectivity index (χ2n) is 5.11. The summed E-state index contributed by atoms with van der Waals surface area (Å²) in [5, 5.41) is 11.9. The van der Waals surface area contributed by atoms with Gasteiger partial charge in [0, 0.05) is 17.0 Å². The molecule has 0 fully saturated rings. The van der Waals surface area contributed by atoms with Crippen LogP contribution in [-0.2, 0) is 6.42 Å². The van der Waals surface area contributed by atoms with E-state index >= 15 is 0 Å². The zero-order chi connectivity index (χ0) is 15.4. The van der Waals surface area contributed by atoms with Gasteiger partial charge in [-0.05, 0) is 30.9 Å². The van der Waals surface area contributed by atoms with Crippen LogP contribution in [0.25, 0.3) is 11.3 Å². The van der Waals surface area contributed by atoms with Crippen LogP contribution in [0, 0.1) is 6.92 Å². The fraction of sp³-hybridized carbons (Fsp3) is 0.176. The number of aromatic nitrogens is 2. The molecule has 0 spiro atoms. The molecule has 0 atom stereocenters. The first kappa shape index (κ1) is 14.5. The van der Waals surface area contributed by atoms with Crippen molar-refractivity contribution in [3.63, 3.8) is 0 Å². The van der Waals surface area contributed by atoms with Crippen LogP contribution < -0.4 is 5.32 Å². The fourth-order valence-electron chi connectivity index (χ4n) is 2.33. The van der Waals surface area contributed by atoms with Gasteiger partial charge in [-0.2, -0.15) is 5.10 Å². The van der Waals surface area contributed by atoms with Crippen molar-refractivity contribution in [2.45, 2.75) is 13.3 Å². The third-order valence-electron chi connectivity index (χ3n) is 3.43. The lowest BCUT2D eigenvalue weighted by atomic mass is 10.1. The highest BCUT2D eigenvalue weighted by Gasteiger charge is 2.14. The summed E-state index contributed by atoms with van der Waals surface area (Å²) in [7, 11) is 0. The number of thiophene rings is 1. The number of aromatic amines is 1. The first-order valence-corrected chi connectivity index (χ1v) is 8.03. The Morgan fingerprint density at radius 1 is 1.32 bits per heavy atom. The SMILES string of the molecule is Cc1cccc(-c2[nH]ncc2C(=O)NCCc2cccs2)c1. The third kappa shape index (κ3) is 3.26. The quantitative estimate of drug-likeness (QED) is 0.758. The topological polar surface area (TPSA) is 57.8 Å². The molecule has 4 nitrogen and oxygen atoms in total. The second-order valence-corrected chi connectivity index (χ2v) is 6.15. The smallest absolute Gasteiger partial charge is 0.255 e. The van der Waals surface area contributed by atoms with Crippen LogP contribution >= 0.6 is 11.3 Å². The summed E-state index contributed by atoms with van der Waals surface area (Å²) in [4.78, 5) is 13.6. The lowest BCUT2D eigenvalue weighted by Gasteiger charge is -2.06. The molecule has 0 aliphatic rings. The Balaban J connectivity index is 1.70. The van der Waals surface area contributed by atoms with Gasteiger partial charge < -0.3 is 5.32 Å². The molecule has 1 aromatic carbocycles. The average Bonchev–Trinajstić information content (AvgIpc) is 3.18. The van der Waals surface area contributed by atoms with Crippen LogP contribution in [0.4, 0.5) is 0 Å². The number of hydrogen-bond acceptors (Lipinski definition) is 3. The molecule has 1 amide bonds. The number of aryl methyl sites for hydroxylation is 1. The highest BCUT2D eigenvalue weighted by atomic mass is 32.1. The predicted molar refractivity (Wildman–Crippen MR) is 89.1 cm³/mol. The summed E-state index contributed by atoms with van der Waals surface area (Å²) in [6.07, 6.45) is 2.43. The van der Waals surface area contributed by atoms with Crippen LogP contribution in [0.2, 0.25) is 0 Å². The minimum atomic E-state index is -0.0955. The van der Waals surface area contributed by atoms with Crippen molar-refractivity contribution in [2.75, 3.05) is 6.54 Å². The van der Waals surface area contributed by atoms with E-state index in [0.29, 0.717) is 12.1 Å². The Labute approximate surface area is 133 Å². The molecule has 0 saturated carbocycles. The molecule has 2 N–H and O–H groups in total. The predicted octanol–water partition coefficient (Wildman–Crippen LogP) is 3.42. The van der Waals surface area contributed by atoms with Gasteiger partial charge in [-0.3, -0.25) is 9.89 Å². The summed E-state index contributed by atoms with van der Waals surface area (Å²) < 4.78 is 0. The maximum absolute atomic E-state index is 12.3. The second kappa shape index (κ2) is 6.58. The normalized spacial score (nSPS) is 10.6. The van der Waals surface area contributed by atoms with Gasteiger partial charge in [0.1, 0.15) is 0 Å². The molecular formula is C17H17N3OS. The van der Waals surface area contributed by atoms with E-state index in [1.165, 1.54) is 4.88 Å². The van der Waals surface area contributed by atoms with Crippen molar-refractivity contribution >= 4 is 17.2 Å². The highest BCUT2D eigenvalue weighted by molar-refractivity contribution is 7.09. The molecule has 0 unspecified atom stereocenters. The van der Waals surface area contributed by atoms with Crippen LogP contribution in [0.3, 0.4) is 0 Å². The Morgan fingerprint density at radius 3 is 3.00 bits per heavy atom. The van der Waals surface area contributed by atoms with Crippen molar-refractivity contribution in [1.29, 1.82) is 0 Å². The van der Waals surface area contributed by atoms with Gasteiger partial charge in [0.25, 0.3) is 5.91 Å². The Kier molecular flexibility index (Phi) is 4.34. The molecule has 0 saturated heterocycles. The number of nitrogens with zero attached hydrogens (tertiary/aromatic N) is 1. The highest BCUT2D eigenvalue weighted by Crippen LogP contribution is 2.21. The number of benzene rings is 1. The van der Waals surface area contributed by atoms with E-state index in [1.807, 2.05) is 42.6 Å². The summed E-state index contributed by atoms with van der Waals surface area (Å²) >= 11 is 1.70. The van der Waals surface area contributed by atoms with Gasteiger partial charge in [-0.15, -0.1) is 11.3 Å². The van der Waals surface area contributed by atoms with Gasteiger partial charge in [0.2, 0.25) is 0 Å². The Hall–Kier alpha value is -2.40.